The molecule has 3 nitrogen and oxygen atoms in total. The van der Waals surface area contributed by atoms with Crippen LogP contribution in [-0.4, -0.2) is 0 Å². The standard InChI is InChI=1S/C16H16N2O/c1-13(16-9-7-14(11-17)8-10-16)18-19-12-15-5-3-2-4-6-15/h2-10,13,18H,12H2,1H3. The molecular formula is C16H16N2O. The summed E-state index contributed by atoms with van der Waals surface area (Å²) in [6, 6.07) is 19.7. The van der Waals surface area contributed by atoms with Crippen molar-refractivity contribution in [1.29, 1.82) is 5.26 Å². The molecule has 0 bridgehead atoms. The second-order valence-corrected chi connectivity index (χ2v) is 4.35. The van der Waals surface area contributed by atoms with Gasteiger partial charge in [-0.2, -0.15) is 10.7 Å². The molecule has 2 aromatic carbocycles. The van der Waals surface area contributed by atoms with Crippen LogP contribution in [0.1, 0.15) is 29.7 Å². The maximum atomic E-state index is 8.74. The Kier molecular flexibility index (Phi) is 4.68. The minimum Gasteiger partial charge on any atom is -0.296 e. The van der Waals surface area contributed by atoms with Crippen LogP contribution in [-0.2, 0) is 11.4 Å². The summed E-state index contributed by atoms with van der Waals surface area (Å²) < 4.78 is 0. The first-order valence-corrected chi connectivity index (χ1v) is 6.21. The molecule has 0 spiro atoms. The Balaban J connectivity index is 1.84. The van der Waals surface area contributed by atoms with Gasteiger partial charge in [0.25, 0.3) is 0 Å². The van der Waals surface area contributed by atoms with Crippen molar-refractivity contribution in [3.8, 4) is 6.07 Å². The van der Waals surface area contributed by atoms with E-state index in [2.05, 4.69) is 11.5 Å². The zero-order valence-electron chi connectivity index (χ0n) is 10.8. The second kappa shape index (κ2) is 6.69. The summed E-state index contributed by atoms with van der Waals surface area (Å²) in [6.45, 7) is 2.55. The monoisotopic (exact) mass is 252 g/mol. The van der Waals surface area contributed by atoms with Crippen molar-refractivity contribution in [1.82, 2.24) is 5.48 Å². The van der Waals surface area contributed by atoms with E-state index in [1.807, 2.05) is 61.5 Å². The van der Waals surface area contributed by atoms with Crippen LogP contribution in [0.25, 0.3) is 0 Å². The number of hydrogen-bond donors (Lipinski definition) is 1. The fourth-order valence-corrected chi connectivity index (χ4v) is 1.74. The summed E-state index contributed by atoms with van der Waals surface area (Å²) in [5, 5.41) is 8.74. The number of nitriles is 1. The lowest BCUT2D eigenvalue weighted by atomic mass is 10.1. The molecule has 0 radical (unpaired) electrons. The van der Waals surface area contributed by atoms with Gasteiger partial charge in [0.2, 0.25) is 0 Å². The van der Waals surface area contributed by atoms with Gasteiger partial charge in [-0.15, -0.1) is 0 Å². The Labute approximate surface area is 113 Å². The van der Waals surface area contributed by atoms with Crippen LogP contribution >= 0.6 is 0 Å². The molecule has 1 atom stereocenters. The van der Waals surface area contributed by atoms with Crippen molar-refractivity contribution in [3.63, 3.8) is 0 Å². The highest BCUT2D eigenvalue weighted by molar-refractivity contribution is 5.32. The molecule has 1 unspecified atom stereocenters. The Bertz CT molecular complexity index is 543. The molecule has 96 valence electrons. The number of nitrogens with zero attached hydrogens (tertiary/aromatic N) is 1. The molecule has 0 saturated heterocycles. The van der Waals surface area contributed by atoms with E-state index in [0.717, 1.165) is 11.1 Å². The lowest BCUT2D eigenvalue weighted by Crippen LogP contribution is -2.18. The summed E-state index contributed by atoms with van der Waals surface area (Å²) in [4.78, 5) is 5.48. The van der Waals surface area contributed by atoms with Crippen LogP contribution in [0.3, 0.4) is 0 Å². The Hall–Kier alpha value is -2.15. The van der Waals surface area contributed by atoms with Gasteiger partial charge in [-0.05, 0) is 30.2 Å². The second-order valence-electron chi connectivity index (χ2n) is 4.35. The molecule has 3 heteroatoms. The van der Waals surface area contributed by atoms with Crippen molar-refractivity contribution in [2.75, 3.05) is 0 Å². The van der Waals surface area contributed by atoms with Crippen LogP contribution in [0, 0.1) is 11.3 Å². The Morgan fingerprint density at radius 2 is 1.79 bits per heavy atom. The van der Waals surface area contributed by atoms with Crippen molar-refractivity contribution in [2.24, 2.45) is 0 Å². The van der Waals surface area contributed by atoms with Gasteiger partial charge in [0, 0.05) is 0 Å². The molecule has 0 amide bonds. The molecule has 2 rings (SSSR count). The average molecular weight is 252 g/mol. The van der Waals surface area contributed by atoms with E-state index < -0.39 is 0 Å². The molecule has 0 fully saturated rings. The zero-order chi connectivity index (χ0) is 13.5. The van der Waals surface area contributed by atoms with Gasteiger partial charge < -0.3 is 0 Å². The normalized spacial score (nSPS) is 11.8. The van der Waals surface area contributed by atoms with Crippen LogP contribution in [0.15, 0.2) is 54.6 Å². The third-order valence-electron chi connectivity index (χ3n) is 2.88. The fourth-order valence-electron chi connectivity index (χ4n) is 1.74. The maximum absolute atomic E-state index is 8.74. The van der Waals surface area contributed by atoms with E-state index in [0.29, 0.717) is 12.2 Å². The van der Waals surface area contributed by atoms with Crippen LogP contribution in [0.4, 0.5) is 0 Å². The lowest BCUT2D eigenvalue weighted by Gasteiger charge is -2.14. The molecule has 19 heavy (non-hydrogen) atoms. The van der Waals surface area contributed by atoms with Gasteiger partial charge in [0.15, 0.2) is 0 Å². The number of nitrogens with one attached hydrogen (secondary N) is 1. The minimum absolute atomic E-state index is 0.0801. The number of hydrogen-bond acceptors (Lipinski definition) is 3. The molecule has 0 aliphatic heterocycles. The van der Waals surface area contributed by atoms with Gasteiger partial charge in [-0.3, -0.25) is 4.84 Å². The fraction of sp³-hybridized carbons (Fsp3) is 0.188. The SMILES string of the molecule is CC(NOCc1ccccc1)c1ccc(C#N)cc1. The smallest absolute Gasteiger partial charge is 0.0991 e. The quantitative estimate of drug-likeness (QED) is 0.830. The molecule has 0 aromatic heterocycles. The summed E-state index contributed by atoms with van der Waals surface area (Å²) in [5.41, 5.74) is 5.89. The van der Waals surface area contributed by atoms with Gasteiger partial charge >= 0.3 is 0 Å². The van der Waals surface area contributed by atoms with E-state index >= 15 is 0 Å². The molecule has 1 N–H and O–H groups in total. The highest BCUT2D eigenvalue weighted by Crippen LogP contribution is 2.13. The molecular weight excluding hydrogens is 236 g/mol. The van der Waals surface area contributed by atoms with Gasteiger partial charge in [-0.1, -0.05) is 42.5 Å². The van der Waals surface area contributed by atoms with E-state index in [1.54, 1.807) is 0 Å². The zero-order valence-corrected chi connectivity index (χ0v) is 10.8. The van der Waals surface area contributed by atoms with E-state index in [-0.39, 0.29) is 6.04 Å². The predicted octanol–water partition coefficient (Wildman–Crippen LogP) is 3.34. The van der Waals surface area contributed by atoms with Crippen molar-refractivity contribution >= 4 is 0 Å². The highest BCUT2D eigenvalue weighted by atomic mass is 16.6. The Morgan fingerprint density at radius 3 is 2.42 bits per heavy atom. The van der Waals surface area contributed by atoms with Gasteiger partial charge in [0.1, 0.15) is 0 Å². The molecule has 0 saturated carbocycles. The number of hydroxylamine groups is 1. The van der Waals surface area contributed by atoms with Crippen LogP contribution in [0.2, 0.25) is 0 Å². The third-order valence-corrected chi connectivity index (χ3v) is 2.88. The predicted molar refractivity (Wildman–Crippen MR) is 73.9 cm³/mol. The molecule has 2 aromatic rings. The van der Waals surface area contributed by atoms with Gasteiger partial charge in [-0.25, -0.2) is 0 Å². The van der Waals surface area contributed by atoms with Gasteiger partial charge in [0.05, 0.1) is 24.3 Å². The minimum atomic E-state index is 0.0801. The van der Waals surface area contributed by atoms with Crippen molar-refractivity contribution in [2.45, 2.75) is 19.6 Å². The molecule has 0 heterocycles. The third kappa shape index (κ3) is 3.92. The summed E-state index contributed by atoms with van der Waals surface area (Å²) in [7, 11) is 0. The molecule has 0 aliphatic rings. The summed E-state index contributed by atoms with van der Waals surface area (Å²) in [6.07, 6.45) is 0. The van der Waals surface area contributed by atoms with E-state index in [1.165, 1.54) is 0 Å². The first-order valence-electron chi connectivity index (χ1n) is 6.21. The van der Waals surface area contributed by atoms with Crippen molar-refractivity contribution < 1.29 is 4.84 Å². The first kappa shape index (κ1) is 13.3. The van der Waals surface area contributed by atoms with Crippen LogP contribution < -0.4 is 5.48 Å². The lowest BCUT2D eigenvalue weighted by molar-refractivity contribution is 0.00698. The topological polar surface area (TPSA) is 45.0 Å². The number of rotatable bonds is 5. The number of benzene rings is 2. The van der Waals surface area contributed by atoms with Crippen molar-refractivity contribution in [3.05, 3.63) is 71.3 Å². The summed E-state index contributed by atoms with van der Waals surface area (Å²) in [5.74, 6) is 0. The summed E-state index contributed by atoms with van der Waals surface area (Å²) >= 11 is 0. The average Bonchev–Trinajstić information content (AvgIpc) is 2.48. The van der Waals surface area contributed by atoms with E-state index in [9.17, 15) is 0 Å². The largest absolute Gasteiger partial charge is 0.296 e. The highest BCUT2D eigenvalue weighted by Gasteiger charge is 2.04. The maximum Gasteiger partial charge on any atom is 0.0991 e. The first-order chi connectivity index (χ1) is 9.29. The molecule has 0 aliphatic carbocycles. The Morgan fingerprint density at radius 1 is 1.11 bits per heavy atom. The van der Waals surface area contributed by atoms with Crippen LogP contribution in [0.5, 0.6) is 0 Å². The van der Waals surface area contributed by atoms with E-state index in [4.69, 9.17) is 10.1 Å².